The summed E-state index contributed by atoms with van der Waals surface area (Å²) in [5.74, 6) is -0.913. The van der Waals surface area contributed by atoms with Gasteiger partial charge in [0.25, 0.3) is 0 Å². The first-order chi connectivity index (χ1) is 13.9. The molecule has 8 nitrogen and oxygen atoms in total. The first-order valence-electron chi connectivity index (χ1n) is 10.4. The molecule has 4 heterocycles. The van der Waals surface area contributed by atoms with Gasteiger partial charge >= 0.3 is 18.0 Å². The molecule has 5 aliphatic rings. The molecular formula is C21H30N2O6. The molecule has 2 atom stereocenters. The van der Waals surface area contributed by atoms with E-state index in [4.69, 9.17) is 14.9 Å². The van der Waals surface area contributed by atoms with Gasteiger partial charge in [0.1, 0.15) is 6.10 Å². The van der Waals surface area contributed by atoms with Crippen molar-refractivity contribution < 1.29 is 29.3 Å². The van der Waals surface area contributed by atoms with Gasteiger partial charge in [-0.2, -0.15) is 0 Å². The molecule has 4 saturated heterocycles. The normalized spacial score (nSPS) is 29.8. The van der Waals surface area contributed by atoms with Gasteiger partial charge < -0.3 is 19.8 Å². The second-order valence-corrected chi connectivity index (χ2v) is 8.16. The summed E-state index contributed by atoms with van der Waals surface area (Å²) in [6.07, 6.45) is 10.6. The topological polar surface area (TPSA) is 107 Å². The Morgan fingerprint density at radius 1 is 1.03 bits per heavy atom. The van der Waals surface area contributed by atoms with E-state index in [0.717, 1.165) is 32.5 Å². The lowest BCUT2D eigenvalue weighted by Gasteiger charge is -2.44. The minimum Gasteiger partial charge on any atom is -0.481 e. The third-order valence-electron chi connectivity index (χ3n) is 6.17. The van der Waals surface area contributed by atoms with Crippen LogP contribution < -0.4 is 0 Å². The predicted octanol–water partition coefficient (Wildman–Crippen LogP) is 2.36. The Morgan fingerprint density at radius 2 is 1.72 bits per heavy atom. The van der Waals surface area contributed by atoms with Crippen LogP contribution in [0.1, 0.15) is 38.5 Å². The first-order valence-corrected chi connectivity index (χ1v) is 10.4. The fraction of sp³-hybridized carbons (Fsp3) is 0.667. The molecule has 2 bridgehead atoms. The molecular weight excluding hydrogens is 376 g/mol. The summed E-state index contributed by atoms with van der Waals surface area (Å²) in [6.45, 7) is 4.91. The smallest absolute Gasteiger partial charge is 0.410 e. The lowest BCUT2D eigenvalue weighted by Crippen LogP contribution is -2.53. The first kappa shape index (κ1) is 21.4. The standard InChI is InChI=1S/C17H24N2O2.C4H6O4/c20-17(21-16-12-18-8-5-14(16)6-9-18)19-10-7-13-3-1-2-4-15(13)11-19;5-3(6)1-2-4(7)8/h1-2,4,13-14,16H,3,5-12H2;1-2H2,(H,5,6)(H,7,8)/t13?,16-;/m0./s1. The molecule has 1 unspecified atom stereocenters. The average molecular weight is 406 g/mol. The van der Waals surface area contributed by atoms with Gasteiger partial charge in [-0.3, -0.25) is 14.5 Å². The molecule has 1 aliphatic carbocycles. The van der Waals surface area contributed by atoms with E-state index in [1.807, 2.05) is 4.90 Å². The maximum absolute atomic E-state index is 12.5. The van der Waals surface area contributed by atoms with E-state index in [1.54, 1.807) is 0 Å². The zero-order valence-electron chi connectivity index (χ0n) is 16.7. The number of carboxylic acid groups (broad SMARTS) is 2. The largest absolute Gasteiger partial charge is 0.481 e. The SMILES string of the molecule is O=C(O)CCC(=O)O.O=C(O[C@H]1CN2CCC1CC2)N1CCC2CC=CC=C2C1. The summed E-state index contributed by atoms with van der Waals surface area (Å²) in [5, 5.41) is 15.8. The molecule has 0 spiro atoms. The number of amides is 1. The molecule has 4 fully saturated rings. The second-order valence-electron chi connectivity index (χ2n) is 8.16. The zero-order chi connectivity index (χ0) is 20.8. The van der Waals surface area contributed by atoms with E-state index in [-0.39, 0.29) is 25.0 Å². The lowest BCUT2D eigenvalue weighted by molar-refractivity contribution is -0.143. The number of carboxylic acids is 2. The van der Waals surface area contributed by atoms with E-state index in [0.29, 0.717) is 11.8 Å². The molecule has 1 amide bonds. The van der Waals surface area contributed by atoms with Crippen molar-refractivity contribution in [2.75, 3.05) is 32.7 Å². The summed E-state index contributed by atoms with van der Waals surface area (Å²) in [6, 6.07) is 0. The number of rotatable bonds is 4. The van der Waals surface area contributed by atoms with E-state index >= 15 is 0 Å². The number of aliphatic carboxylic acids is 2. The Bertz CT molecular complexity index is 667. The fourth-order valence-electron chi connectivity index (χ4n) is 4.44. The minimum absolute atomic E-state index is 0.0948. The number of fused-ring (bicyclic) bond motifs is 4. The Labute approximate surface area is 170 Å². The van der Waals surface area contributed by atoms with E-state index < -0.39 is 11.9 Å². The maximum atomic E-state index is 12.5. The number of hydrogen-bond donors (Lipinski definition) is 2. The average Bonchev–Trinajstić information content (AvgIpc) is 2.73. The molecule has 4 aliphatic heterocycles. The quantitative estimate of drug-likeness (QED) is 0.738. The highest BCUT2D eigenvalue weighted by Crippen LogP contribution is 2.32. The minimum atomic E-state index is -1.08. The van der Waals surface area contributed by atoms with Crippen molar-refractivity contribution in [2.24, 2.45) is 11.8 Å². The van der Waals surface area contributed by atoms with Crippen molar-refractivity contribution >= 4 is 18.0 Å². The molecule has 2 N–H and O–H groups in total. The molecule has 29 heavy (non-hydrogen) atoms. The molecule has 160 valence electrons. The van der Waals surface area contributed by atoms with Crippen LogP contribution in [0.15, 0.2) is 23.8 Å². The van der Waals surface area contributed by atoms with Crippen molar-refractivity contribution in [2.45, 2.75) is 44.6 Å². The van der Waals surface area contributed by atoms with Gasteiger partial charge in [0.2, 0.25) is 0 Å². The summed E-state index contributed by atoms with van der Waals surface area (Å²) in [7, 11) is 0. The number of likely N-dealkylation sites (tertiary alicyclic amines) is 1. The lowest BCUT2D eigenvalue weighted by atomic mass is 9.85. The summed E-state index contributed by atoms with van der Waals surface area (Å²) in [5.41, 5.74) is 1.40. The van der Waals surface area contributed by atoms with Crippen molar-refractivity contribution in [1.29, 1.82) is 0 Å². The van der Waals surface area contributed by atoms with E-state index in [2.05, 4.69) is 23.1 Å². The van der Waals surface area contributed by atoms with Crippen LogP contribution in [-0.4, -0.2) is 76.9 Å². The van der Waals surface area contributed by atoms with Gasteiger partial charge in [-0.25, -0.2) is 4.79 Å². The van der Waals surface area contributed by atoms with E-state index in [9.17, 15) is 14.4 Å². The highest BCUT2D eigenvalue weighted by molar-refractivity contribution is 5.75. The Kier molecular flexibility index (Phi) is 7.30. The number of piperidine rings is 4. The number of allylic oxidation sites excluding steroid dienone is 3. The van der Waals surface area contributed by atoms with Crippen LogP contribution in [0.3, 0.4) is 0 Å². The summed E-state index contributed by atoms with van der Waals surface area (Å²) >= 11 is 0. The van der Waals surface area contributed by atoms with Gasteiger partial charge in [-0.05, 0) is 56.2 Å². The van der Waals surface area contributed by atoms with Gasteiger partial charge in [0.05, 0.1) is 12.8 Å². The third kappa shape index (κ3) is 6.06. The zero-order valence-corrected chi connectivity index (χ0v) is 16.7. The van der Waals surface area contributed by atoms with Crippen molar-refractivity contribution in [3.8, 4) is 0 Å². The number of carbonyl (C=O) groups is 3. The summed E-state index contributed by atoms with van der Waals surface area (Å²) in [4.78, 5) is 36.1. The monoisotopic (exact) mass is 406 g/mol. The molecule has 0 aromatic heterocycles. The summed E-state index contributed by atoms with van der Waals surface area (Å²) < 4.78 is 5.84. The van der Waals surface area contributed by atoms with Crippen LogP contribution in [-0.2, 0) is 14.3 Å². The van der Waals surface area contributed by atoms with Crippen molar-refractivity contribution in [3.05, 3.63) is 23.8 Å². The third-order valence-corrected chi connectivity index (χ3v) is 6.17. The highest BCUT2D eigenvalue weighted by Gasteiger charge is 2.38. The predicted molar refractivity (Wildman–Crippen MR) is 105 cm³/mol. The maximum Gasteiger partial charge on any atom is 0.410 e. The molecule has 0 saturated carbocycles. The van der Waals surface area contributed by atoms with Gasteiger partial charge in [-0.15, -0.1) is 0 Å². The molecule has 8 heteroatoms. The number of carbonyl (C=O) groups excluding carboxylic acids is 1. The van der Waals surface area contributed by atoms with Gasteiger partial charge in [0, 0.05) is 19.6 Å². The van der Waals surface area contributed by atoms with Crippen LogP contribution in [0.25, 0.3) is 0 Å². The fourth-order valence-corrected chi connectivity index (χ4v) is 4.44. The molecule has 0 aromatic carbocycles. The Morgan fingerprint density at radius 3 is 2.31 bits per heavy atom. The molecule has 5 rings (SSSR count). The van der Waals surface area contributed by atoms with Crippen LogP contribution in [0.5, 0.6) is 0 Å². The number of hydrogen-bond acceptors (Lipinski definition) is 5. The van der Waals surface area contributed by atoms with Crippen LogP contribution in [0.4, 0.5) is 4.79 Å². The van der Waals surface area contributed by atoms with Crippen LogP contribution >= 0.6 is 0 Å². The highest BCUT2D eigenvalue weighted by atomic mass is 16.6. The van der Waals surface area contributed by atoms with Crippen LogP contribution in [0, 0.1) is 11.8 Å². The van der Waals surface area contributed by atoms with Crippen molar-refractivity contribution in [1.82, 2.24) is 9.80 Å². The molecule has 0 aromatic rings. The van der Waals surface area contributed by atoms with Crippen LogP contribution in [0.2, 0.25) is 0 Å². The van der Waals surface area contributed by atoms with Gasteiger partial charge in [0.15, 0.2) is 0 Å². The second kappa shape index (κ2) is 9.91. The van der Waals surface area contributed by atoms with Gasteiger partial charge in [-0.1, -0.05) is 18.2 Å². The van der Waals surface area contributed by atoms with E-state index in [1.165, 1.54) is 31.5 Å². The molecule has 0 radical (unpaired) electrons. The Balaban J connectivity index is 0.000000258. The number of nitrogens with zero attached hydrogens (tertiary/aromatic N) is 2. The Hall–Kier alpha value is -2.35. The number of ether oxygens (including phenoxy) is 1. The van der Waals surface area contributed by atoms with Crippen molar-refractivity contribution in [3.63, 3.8) is 0 Å².